The summed E-state index contributed by atoms with van der Waals surface area (Å²) < 4.78 is 0. The average Bonchev–Trinajstić information content (AvgIpc) is 2.57. The van der Waals surface area contributed by atoms with Crippen molar-refractivity contribution in [3.8, 4) is 0 Å². The maximum absolute atomic E-state index is 12.0. The zero-order chi connectivity index (χ0) is 12.1. The summed E-state index contributed by atoms with van der Waals surface area (Å²) >= 11 is 0. The highest BCUT2D eigenvalue weighted by molar-refractivity contribution is 5.88. The maximum Gasteiger partial charge on any atom is 0.323 e. The molecule has 0 aromatic carbocycles. The Bertz CT molecular complexity index is 384. The van der Waals surface area contributed by atoms with E-state index in [4.69, 9.17) is 0 Å². The van der Waals surface area contributed by atoms with Gasteiger partial charge in [-0.05, 0) is 37.5 Å². The van der Waals surface area contributed by atoms with E-state index in [0.29, 0.717) is 5.82 Å². The second-order valence-corrected chi connectivity index (χ2v) is 4.55. The predicted octanol–water partition coefficient (Wildman–Crippen LogP) is 2.80. The molecule has 1 aliphatic heterocycles. The Hall–Kier alpha value is -1.58. The molecule has 92 valence electrons. The number of anilines is 1. The van der Waals surface area contributed by atoms with E-state index in [1.807, 2.05) is 24.0 Å². The minimum absolute atomic E-state index is 0.0231. The molecular formula is C13H19N3O. The molecule has 0 aliphatic carbocycles. The molecular weight excluding hydrogens is 214 g/mol. The van der Waals surface area contributed by atoms with Crippen LogP contribution >= 0.6 is 0 Å². The summed E-state index contributed by atoms with van der Waals surface area (Å²) in [4.78, 5) is 18.0. The molecule has 0 radical (unpaired) electrons. The first-order valence-corrected chi connectivity index (χ1v) is 6.24. The quantitative estimate of drug-likeness (QED) is 0.810. The third-order valence-corrected chi connectivity index (χ3v) is 3.04. The molecule has 0 bridgehead atoms. The van der Waals surface area contributed by atoms with Crippen molar-refractivity contribution in [2.45, 2.75) is 32.6 Å². The Morgan fingerprint density at radius 1 is 1.29 bits per heavy atom. The third kappa shape index (κ3) is 3.44. The van der Waals surface area contributed by atoms with E-state index in [1.165, 1.54) is 12.8 Å². The second-order valence-electron chi connectivity index (χ2n) is 4.55. The van der Waals surface area contributed by atoms with Crippen LogP contribution in [-0.2, 0) is 0 Å². The fraction of sp³-hybridized carbons (Fsp3) is 0.538. The largest absolute Gasteiger partial charge is 0.325 e. The van der Waals surface area contributed by atoms with Crippen molar-refractivity contribution in [3.05, 3.63) is 23.9 Å². The number of nitrogens with one attached hydrogen (secondary N) is 1. The van der Waals surface area contributed by atoms with E-state index < -0.39 is 0 Å². The number of urea groups is 1. The summed E-state index contributed by atoms with van der Waals surface area (Å²) in [5.41, 5.74) is 1.10. The Morgan fingerprint density at radius 2 is 2.00 bits per heavy atom. The van der Waals surface area contributed by atoms with E-state index in [9.17, 15) is 4.79 Å². The molecule has 1 aliphatic rings. The van der Waals surface area contributed by atoms with Crippen molar-refractivity contribution in [1.82, 2.24) is 9.88 Å². The first-order valence-electron chi connectivity index (χ1n) is 6.24. The van der Waals surface area contributed by atoms with Crippen molar-refractivity contribution in [1.29, 1.82) is 0 Å². The number of aryl methyl sites for hydroxylation is 1. The molecule has 4 heteroatoms. The summed E-state index contributed by atoms with van der Waals surface area (Å²) in [6, 6.07) is 3.78. The topological polar surface area (TPSA) is 45.2 Å². The van der Waals surface area contributed by atoms with E-state index in [1.54, 1.807) is 6.20 Å². The van der Waals surface area contributed by atoms with Crippen molar-refractivity contribution in [3.63, 3.8) is 0 Å². The van der Waals surface area contributed by atoms with Crippen LogP contribution in [0.1, 0.15) is 31.2 Å². The molecule has 1 fully saturated rings. The van der Waals surface area contributed by atoms with Gasteiger partial charge in [-0.25, -0.2) is 9.78 Å². The van der Waals surface area contributed by atoms with Gasteiger partial charge in [0.1, 0.15) is 5.82 Å². The number of nitrogens with zero attached hydrogens (tertiary/aromatic N) is 2. The van der Waals surface area contributed by atoms with Gasteiger partial charge < -0.3 is 4.90 Å². The number of carbonyl (C=O) groups excluding carboxylic acids is 1. The lowest BCUT2D eigenvalue weighted by atomic mass is 10.2. The van der Waals surface area contributed by atoms with Crippen LogP contribution in [0.3, 0.4) is 0 Å². The van der Waals surface area contributed by atoms with E-state index in [0.717, 1.165) is 31.5 Å². The lowest BCUT2D eigenvalue weighted by Gasteiger charge is -2.20. The zero-order valence-electron chi connectivity index (χ0n) is 10.3. The average molecular weight is 233 g/mol. The zero-order valence-corrected chi connectivity index (χ0v) is 10.3. The Morgan fingerprint density at radius 3 is 2.65 bits per heavy atom. The normalized spacial score (nSPS) is 16.4. The molecule has 0 atom stereocenters. The summed E-state index contributed by atoms with van der Waals surface area (Å²) in [6.07, 6.45) is 6.38. The van der Waals surface area contributed by atoms with Crippen molar-refractivity contribution < 1.29 is 4.79 Å². The first-order chi connectivity index (χ1) is 8.25. The Labute approximate surface area is 102 Å². The molecule has 0 saturated carbocycles. The van der Waals surface area contributed by atoms with Crippen molar-refractivity contribution in [2.75, 3.05) is 18.4 Å². The van der Waals surface area contributed by atoms with E-state index in [2.05, 4.69) is 10.3 Å². The molecule has 2 rings (SSSR count). The molecule has 1 aromatic heterocycles. The number of likely N-dealkylation sites (tertiary alicyclic amines) is 1. The van der Waals surface area contributed by atoms with E-state index in [-0.39, 0.29) is 6.03 Å². The van der Waals surface area contributed by atoms with Crippen LogP contribution in [0.25, 0.3) is 0 Å². The molecule has 2 amide bonds. The smallest absolute Gasteiger partial charge is 0.323 e. The summed E-state index contributed by atoms with van der Waals surface area (Å²) in [7, 11) is 0. The minimum Gasteiger partial charge on any atom is -0.325 e. The van der Waals surface area contributed by atoms with Crippen LogP contribution in [0.4, 0.5) is 10.6 Å². The van der Waals surface area contributed by atoms with Gasteiger partial charge in [0.25, 0.3) is 0 Å². The van der Waals surface area contributed by atoms with Crippen LogP contribution < -0.4 is 5.32 Å². The summed E-state index contributed by atoms with van der Waals surface area (Å²) in [6.45, 7) is 3.71. The minimum atomic E-state index is -0.0231. The molecule has 1 saturated heterocycles. The number of rotatable bonds is 1. The summed E-state index contributed by atoms with van der Waals surface area (Å²) in [5, 5.41) is 2.86. The molecule has 1 aromatic rings. The first kappa shape index (κ1) is 11.9. The molecule has 0 spiro atoms. The highest BCUT2D eigenvalue weighted by atomic mass is 16.2. The van der Waals surface area contributed by atoms with Gasteiger partial charge in [-0.1, -0.05) is 12.8 Å². The second kappa shape index (κ2) is 5.66. The molecule has 17 heavy (non-hydrogen) atoms. The highest BCUT2D eigenvalue weighted by Crippen LogP contribution is 2.12. The van der Waals surface area contributed by atoms with Gasteiger partial charge in [0.15, 0.2) is 0 Å². The fourth-order valence-electron chi connectivity index (χ4n) is 2.07. The van der Waals surface area contributed by atoms with Crippen LogP contribution in [0.5, 0.6) is 0 Å². The van der Waals surface area contributed by atoms with Crippen LogP contribution in [0.2, 0.25) is 0 Å². The standard InChI is InChI=1S/C13H19N3O/c1-11-6-7-14-12(10-11)15-13(17)16-8-4-2-3-5-9-16/h6-7,10H,2-5,8-9H2,1H3,(H,14,15,17). The lowest BCUT2D eigenvalue weighted by Crippen LogP contribution is -2.35. The fourth-order valence-corrected chi connectivity index (χ4v) is 2.07. The number of pyridine rings is 1. The molecule has 1 N–H and O–H groups in total. The molecule has 2 heterocycles. The van der Waals surface area contributed by atoms with Gasteiger partial charge >= 0.3 is 6.03 Å². The summed E-state index contributed by atoms with van der Waals surface area (Å²) in [5.74, 6) is 0.638. The van der Waals surface area contributed by atoms with Crippen molar-refractivity contribution in [2.24, 2.45) is 0 Å². The predicted molar refractivity (Wildman–Crippen MR) is 68.0 cm³/mol. The number of aromatic nitrogens is 1. The van der Waals surface area contributed by atoms with Gasteiger partial charge in [-0.2, -0.15) is 0 Å². The maximum atomic E-state index is 12.0. The number of amides is 2. The van der Waals surface area contributed by atoms with Crippen LogP contribution in [-0.4, -0.2) is 29.0 Å². The van der Waals surface area contributed by atoms with Gasteiger partial charge in [-0.15, -0.1) is 0 Å². The Kier molecular flexibility index (Phi) is 3.96. The van der Waals surface area contributed by atoms with E-state index >= 15 is 0 Å². The lowest BCUT2D eigenvalue weighted by molar-refractivity contribution is 0.213. The van der Waals surface area contributed by atoms with Crippen LogP contribution in [0, 0.1) is 6.92 Å². The molecule has 0 unspecified atom stereocenters. The third-order valence-electron chi connectivity index (χ3n) is 3.04. The van der Waals surface area contributed by atoms with Gasteiger partial charge in [0.05, 0.1) is 0 Å². The monoisotopic (exact) mass is 233 g/mol. The van der Waals surface area contributed by atoms with Gasteiger partial charge in [0.2, 0.25) is 0 Å². The number of hydrogen-bond acceptors (Lipinski definition) is 2. The van der Waals surface area contributed by atoms with Crippen molar-refractivity contribution >= 4 is 11.8 Å². The van der Waals surface area contributed by atoms with Crippen LogP contribution in [0.15, 0.2) is 18.3 Å². The number of carbonyl (C=O) groups is 1. The SMILES string of the molecule is Cc1ccnc(NC(=O)N2CCCCCC2)c1. The molecule has 4 nitrogen and oxygen atoms in total. The number of hydrogen-bond donors (Lipinski definition) is 1. The van der Waals surface area contributed by atoms with Gasteiger partial charge in [0, 0.05) is 19.3 Å². The highest BCUT2D eigenvalue weighted by Gasteiger charge is 2.15. The van der Waals surface area contributed by atoms with Gasteiger partial charge in [-0.3, -0.25) is 5.32 Å². The Balaban J connectivity index is 1.95.